The predicted molar refractivity (Wildman–Crippen MR) is 234 cm³/mol. The van der Waals surface area contributed by atoms with Crippen LogP contribution in [0.1, 0.15) is 68.0 Å². The molecule has 0 saturated heterocycles. The molecule has 6 heterocycles. The highest BCUT2D eigenvalue weighted by Gasteiger charge is 2.21. The molecule has 0 atom stereocenters. The Morgan fingerprint density at radius 1 is 0.477 bits per heavy atom. The molecule has 6 rings (SSSR count). The molecular formula is C40H46N16O9. The van der Waals surface area contributed by atoms with Gasteiger partial charge in [-0.3, -0.25) is 33.6 Å². The molecule has 25 nitrogen and oxygen atoms in total. The first-order valence-corrected chi connectivity index (χ1v) is 19.6. The minimum atomic E-state index is -0.617. The van der Waals surface area contributed by atoms with Crippen LogP contribution in [0.2, 0.25) is 0 Å². The van der Waals surface area contributed by atoms with Crippen LogP contribution in [0, 0.1) is 0 Å². The monoisotopic (exact) mass is 894 g/mol. The number of nitrogens with one attached hydrogen (secondary N) is 7. The lowest BCUT2D eigenvalue weighted by Crippen LogP contribution is -2.19. The van der Waals surface area contributed by atoms with Crippen LogP contribution in [0.4, 0.5) is 40.3 Å². The summed E-state index contributed by atoms with van der Waals surface area (Å²) in [5.74, 6) is -3.16. The number of aryl methyl sites for hydroxylation is 6. The zero-order valence-electron chi connectivity index (χ0n) is 36.3. The highest BCUT2D eigenvalue weighted by Crippen LogP contribution is 2.21. The van der Waals surface area contributed by atoms with Crippen molar-refractivity contribution in [1.82, 2.24) is 42.4 Å². The van der Waals surface area contributed by atoms with E-state index in [-0.39, 0.29) is 60.5 Å². The topological polar surface area (TPSA) is 298 Å². The fourth-order valence-electron chi connectivity index (χ4n) is 6.35. The van der Waals surface area contributed by atoms with Crippen molar-refractivity contribution in [1.29, 1.82) is 0 Å². The highest BCUT2D eigenvalue weighted by molar-refractivity contribution is 6.05. The summed E-state index contributed by atoms with van der Waals surface area (Å²) in [4.78, 5) is 114. The zero-order chi connectivity index (χ0) is 47.1. The van der Waals surface area contributed by atoms with E-state index in [0.717, 1.165) is 0 Å². The Morgan fingerprint density at radius 3 is 1.29 bits per heavy atom. The van der Waals surface area contributed by atoms with Gasteiger partial charge in [0.25, 0.3) is 17.7 Å². The molecule has 0 aliphatic heterocycles. The summed E-state index contributed by atoms with van der Waals surface area (Å²) in [5.41, 5.74) is 1.32. The number of rotatable bonds is 17. The molecule has 25 heteroatoms. The second-order valence-corrected chi connectivity index (χ2v) is 14.7. The second-order valence-electron chi connectivity index (χ2n) is 14.7. The van der Waals surface area contributed by atoms with Gasteiger partial charge in [-0.2, -0.15) is 0 Å². The molecule has 340 valence electrons. The van der Waals surface area contributed by atoms with Crippen LogP contribution in [0.25, 0.3) is 0 Å². The number of imidazole rings is 3. The standard InChI is InChI=1S/C40H46N16O9/c1-51-13-12-41-34(51)37(61)43-23-15-28(53(3)18-23)49-32(59)10-8-31(58)46-27-21-56(6)36(48-27)39(63)44-24-16-29(54(4)19-24)50-33(60)11-9-30(57)45-26-20-55(5)35(47-26)38(62)42-22-14-25(40(64)65-7)52(2)17-22/h12-21H,8-11H2,1-7H3,(H,42,62)(H,43,61)(H,44,63)(H,45,57)(H,46,58)(H,49,59)(H,50,60). The first-order valence-electron chi connectivity index (χ1n) is 19.6. The first-order chi connectivity index (χ1) is 30.9. The maximum atomic E-state index is 13.2. The minimum Gasteiger partial charge on any atom is -0.464 e. The Hall–Kier alpha value is -8.77. The molecule has 0 aromatic carbocycles. The molecule has 0 fully saturated rings. The Bertz CT molecular complexity index is 2830. The van der Waals surface area contributed by atoms with Crippen LogP contribution in [-0.4, -0.2) is 96.8 Å². The summed E-state index contributed by atoms with van der Waals surface area (Å²) in [5, 5.41) is 18.6. The van der Waals surface area contributed by atoms with Gasteiger partial charge in [0, 0.05) is 123 Å². The van der Waals surface area contributed by atoms with Crippen molar-refractivity contribution in [3.63, 3.8) is 0 Å². The number of anilines is 7. The number of carbonyl (C=O) groups is 8. The van der Waals surface area contributed by atoms with Gasteiger partial charge in [-0.25, -0.2) is 19.7 Å². The number of aromatic nitrogens is 9. The molecule has 7 N–H and O–H groups in total. The van der Waals surface area contributed by atoms with E-state index in [4.69, 9.17) is 4.74 Å². The number of methoxy groups -OCH3 is 1. The third-order valence-electron chi connectivity index (χ3n) is 9.59. The molecule has 0 aliphatic rings. The van der Waals surface area contributed by atoms with Crippen LogP contribution in [0.15, 0.2) is 61.6 Å². The van der Waals surface area contributed by atoms with Gasteiger partial charge in [-0.15, -0.1) is 0 Å². The zero-order valence-corrected chi connectivity index (χ0v) is 36.3. The molecule has 0 saturated carbocycles. The largest absolute Gasteiger partial charge is 0.464 e. The molecular weight excluding hydrogens is 849 g/mol. The Kier molecular flexibility index (Phi) is 13.7. The van der Waals surface area contributed by atoms with E-state index >= 15 is 0 Å². The Morgan fingerprint density at radius 2 is 0.877 bits per heavy atom. The lowest BCUT2D eigenvalue weighted by Gasteiger charge is -2.06. The third-order valence-corrected chi connectivity index (χ3v) is 9.59. The quantitative estimate of drug-likeness (QED) is 0.0649. The van der Waals surface area contributed by atoms with Gasteiger partial charge in [0.2, 0.25) is 35.3 Å². The summed E-state index contributed by atoms with van der Waals surface area (Å²) in [6.45, 7) is 0. The molecule has 0 unspecified atom stereocenters. The molecule has 0 aliphatic carbocycles. The highest BCUT2D eigenvalue weighted by atomic mass is 16.5. The summed E-state index contributed by atoms with van der Waals surface area (Å²) in [6.07, 6.45) is 9.94. The minimum absolute atomic E-state index is 0.0232. The summed E-state index contributed by atoms with van der Waals surface area (Å²) in [7, 11) is 11.0. The van der Waals surface area contributed by atoms with Gasteiger partial charge >= 0.3 is 5.97 Å². The van der Waals surface area contributed by atoms with E-state index < -0.39 is 47.3 Å². The Labute approximate surface area is 369 Å². The normalized spacial score (nSPS) is 10.8. The molecule has 7 amide bonds. The predicted octanol–water partition coefficient (Wildman–Crippen LogP) is 2.16. The summed E-state index contributed by atoms with van der Waals surface area (Å²) < 4.78 is 13.8. The van der Waals surface area contributed by atoms with Gasteiger partial charge in [-0.1, -0.05) is 0 Å². The van der Waals surface area contributed by atoms with E-state index in [1.807, 2.05) is 0 Å². The van der Waals surface area contributed by atoms with Crippen molar-refractivity contribution in [3.8, 4) is 0 Å². The van der Waals surface area contributed by atoms with Gasteiger partial charge in [0.15, 0.2) is 17.5 Å². The number of nitrogens with zero attached hydrogens (tertiary/aromatic N) is 9. The van der Waals surface area contributed by atoms with E-state index in [2.05, 4.69) is 52.2 Å². The fourth-order valence-corrected chi connectivity index (χ4v) is 6.35. The van der Waals surface area contributed by atoms with Crippen molar-refractivity contribution in [2.24, 2.45) is 42.3 Å². The van der Waals surface area contributed by atoms with E-state index in [1.165, 1.54) is 57.7 Å². The van der Waals surface area contributed by atoms with Crippen molar-refractivity contribution in [2.45, 2.75) is 25.7 Å². The average Bonchev–Trinajstić information content (AvgIpc) is 4.11. The van der Waals surface area contributed by atoms with Crippen molar-refractivity contribution < 1.29 is 43.1 Å². The van der Waals surface area contributed by atoms with E-state index in [0.29, 0.717) is 28.7 Å². The summed E-state index contributed by atoms with van der Waals surface area (Å²) >= 11 is 0. The lowest BCUT2D eigenvalue weighted by atomic mass is 10.3. The molecule has 6 aromatic rings. The number of hydrogen-bond donors (Lipinski definition) is 7. The van der Waals surface area contributed by atoms with Gasteiger partial charge in [0.05, 0.1) is 24.2 Å². The number of carbonyl (C=O) groups excluding carboxylic acids is 8. The third kappa shape index (κ3) is 11.4. The number of ether oxygens (including phenoxy) is 1. The van der Waals surface area contributed by atoms with Crippen LogP contribution < -0.4 is 37.2 Å². The van der Waals surface area contributed by atoms with Crippen LogP contribution in [0.5, 0.6) is 0 Å². The smallest absolute Gasteiger partial charge is 0.354 e. The molecule has 0 radical (unpaired) electrons. The van der Waals surface area contributed by atoms with Crippen molar-refractivity contribution in [2.75, 3.05) is 44.3 Å². The fraction of sp³-hybridized carbons (Fsp3) is 0.275. The van der Waals surface area contributed by atoms with Crippen LogP contribution >= 0.6 is 0 Å². The van der Waals surface area contributed by atoms with E-state index in [9.17, 15) is 38.4 Å². The van der Waals surface area contributed by atoms with Gasteiger partial charge < -0.3 is 69.4 Å². The molecule has 6 aromatic heterocycles. The SMILES string of the molecule is COC(=O)c1cc(NC(=O)c2nc(NC(=O)CCC(=O)Nc3cc(NC(=O)c4nc(NC(=O)CCC(=O)Nc5cc(NC(=O)c6nccn6C)cn5C)cn4C)cn3C)cn2C)cn1C. The van der Waals surface area contributed by atoms with Gasteiger partial charge in [-0.05, 0) is 6.07 Å². The van der Waals surface area contributed by atoms with Crippen molar-refractivity contribution >= 4 is 87.7 Å². The molecule has 0 bridgehead atoms. The van der Waals surface area contributed by atoms with Gasteiger partial charge in [0.1, 0.15) is 17.3 Å². The first kappa shape index (κ1) is 45.7. The second kappa shape index (κ2) is 19.5. The van der Waals surface area contributed by atoms with Crippen LogP contribution in [-0.2, 0) is 66.2 Å². The number of amides is 7. The maximum Gasteiger partial charge on any atom is 0.354 e. The molecule has 65 heavy (non-hydrogen) atoms. The lowest BCUT2D eigenvalue weighted by molar-refractivity contribution is -0.121. The average molecular weight is 895 g/mol. The number of esters is 1. The van der Waals surface area contributed by atoms with E-state index in [1.54, 1.807) is 80.6 Å². The summed E-state index contributed by atoms with van der Waals surface area (Å²) in [6, 6.07) is 4.53. The van der Waals surface area contributed by atoms with Crippen molar-refractivity contribution in [3.05, 3.63) is 84.7 Å². The molecule has 0 spiro atoms. The maximum absolute atomic E-state index is 13.2. The number of hydrogen-bond acceptors (Lipinski definition) is 12. The Balaban J connectivity index is 0.924. The van der Waals surface area contributed by atoms with Crippen LogP contribution in [0.3, 0.4) is 0 Å².